The van der Waals surface area contributed by atoms with Crippen molar-refractivity contribution in [3.63, 3.8) is 0 Å². The Hall–Kier alpha value is -0.120. The van der Waals surface area contributed by atoms with Gasteiger partial charge in [-0.1, -0.05) is 0 Å². The van der Waals surface area contributed by atoms with E-state index in [2.05, 4.69) is 22.6 Å². The summed E-state index contributed by atoms with van der Waals surface area (Å²) < 4.78 is 0. The van der Waals surface area contributed by atoms with Crippen LogP contribution in [0.5, 0.6) is 0 Å². The lowest BCUT2D eigenvalue weighted by Crippen LogP contribution is -2.41. The number of nitrogens with one attached hydrogen (secondary N) is 2. The molecule has 0 aromatic heterocycles. The van der Waals surface area contributed by atoms with Gasteiger partial charge in [0.2, 0.25) is 0 Å². The van der Waals surface area contributed by atoms with E-state index in [1.165, 1.54) is 64.8 Å². The Balaban J connectivity index is 1.53. The van der Waals surface area contributed by atoms with Crippen LogP contribution in [0.15, 0.2) is 0 Å². The molecule has 2 fully saturated rings. The number of nitrogens with zero attached hydrogens (tertiary/aromatic N) is 1. The van der Waals surface area contributed by atoms with Crippen molar-refractivity contribution in [1.29, 1.82) is 0 Å². The summed E-state index contributed by atoms with van der Waals surface area (Å²) in [6, 6.07) is 0.790. The van der Waals surface area contributed by atoms with Gasteiger partial charge >= 0.3 is 0 Å². The zero-order valence-electron chi connectivity index (χ0n) is 10.7. The van der Waals surface area contributed by atoms with Crippen LogP contribution in [-0.2, 0) is 0 Å². The Kier molecular flexibility index (Phi) is 5.07. The molecule has 3 nitrogen and oxygen atoms in total. The minimum Gasteiger partial charge on any atom is -0.317 e. The maximum absolute atomic E-state index is 3.74. The molecular weight excluding hydrogens is 198 g/mol. The lowest BCUT2D eigenvalue weighted by atomic mass is 9.94. The van der Waals surface area contributed by atoms with Crippen LogP contribution in [0.4, 0.5) is 0 Å². The molecule has 0 spiro atoms. The normalized spacial score (nSPS) is 26.1. The average Bonchev–Trinajstić information content (AvgIpc) is 2.33. The maximum Gasteiger partial charge on any atom is 0.00914 e. The standard InChI is InChI=1S/C13H27N3/c1-16-10-5-13(6-11-16)15-9-4-12-2-7-14-8-3-12/h12-15H,2-11H2,1H3. The molecule has 2 aliphatic rings. The highest BCUT2D eigenvalue weighted by Crippen LogP contribution is 2.15. The molecule has 0 atom stereocenters. The fourth-order valence-corrected chi connectivity index (χ4v) is 2.87. The van der Waals surface area contributed by atoms with E-state index >= 15 is 0 Å². The second-order valence-electron chi connectivity index (χ2n) is 5.51. The van der Waals surface area contributed by atoms with Gasteiger partial charge < -0.3 is 15.5 Å². The van der Waals surface area contributed by atoms with E-state index in [4.69, 9.17) is 0 Å². The maximum atomic E-state index is 3.74. The number of hydrogen-bond donors (Lipinski definition) is 2. The summed E-state index contributed by atoms with van der Waals surface area (Å²) in [7, 11) is 2.23. The molecule has 0 amide bonds. The van der Waals surface area contributed by atoms with Crippen molar-refractivity contribution in [1.82, 2.24) is 15.5 Å². The highest BCUT2D eigenvalue weighted by Gasteiger charge is 2.17. The summed E-state index contributed by atoms with van der Waals surface area (Å²) in [6.45, 7) is 6.24. The molecule has 2 heterocycles. The fraction of sp³-hybridized carbons (Fsp3) is 1.00. The van der Waals surface area contributed by atoms with E-state index in [1.54, 1.807) is 0 Å². The molecular formula is C13H27N3. The number of rotatable bonds is 4. The van der Waals surface area contributed by atoms with E-state index in [-0.39, 0.29) is 0 Å². The second kappa shape index (κ2) is 6.58. The van der Waals surface area contributed by atoms with Crippen molar-refractivity contribution < 1.29 is 0 Å². The molecule has 2 rings (SSSR count). The molecule has 2 N–H and O–H groups in total. The van der Waals surface area contributed by atoms with Crippen LogP contribution >= 0.6 is 0 Å². The number of hydrogen-bond acceptors (Lipinski definition) is 3. The first-order valence-electron chi connectivity index (χ1n) is 6.97. The highest BCUT2D eigenvalue weighted by atomic mass is 15.1. The zero-order chi connectivity index (χ0) is 11.2. The van der Waals surface area contributed by atoms with Crippen molar-refractivity contribution in [2.45, 2.75) is 38.1 Å². The Morgan fingerprint density at radius 2 is 1.81 bits per heavy atom. The van der Waals surface area contributed by atoms with Crippen LogP contribution < -0.4 is 10.6 Å². The minimum atomic E-state index is 0.790. The quantitative estimate of drug-likeness (QED) is 0.749. The van der Waals surface area contributed by atoms with Crippen LogP contribution in [0, 0.1) is 5.92 Å². The molecule has 0 aromatic carbocycles. The van der Waals surface area contributed by atoms with Gasteiger partial charge in [-0.05, 0) is 77.8 Å². The van der Waals surface area contributed by atoms with E-state index in [1.807, 2.05) is 0 Å². The molecule has 0 aliphatic carbocycles. The van der Waals surface area contributed by atoms with Gasteiger partial charge in [-0.15, -0.1) is 0 Å². The van der Waals surface area contributed by atoms with Gasteiger partial charge in [-0.25, -0.2) is 0 Å². The summed E-state index contributed by atoms with van der Waals surface area (Å²) in [5, 5.41) is 7.18. The van der Waals surface area contributed by atoms with Gasteiger partial charge in [0.1, 0.15) is 0 Å². The number of piperidine rings is 2. The van der Waals surface area contributed by atoms with Crippen molar-refractivity contribution in [3.8, 4) is 0 Å². The van der Waals surface area contributed by atoms with Crippen molar-refractivity contribution in [3.05, 3.63) is 0 Å². The molecule has 16 heavy (non-hydrogen) atoms. The zero-order valence-corrected chi connectivity index (χ0v) is 10.7. The molecule has 2 aliphatic heterocycles. The van der Waals surface area contributed by atoms with E-state index in [9.17, 15) is 0 Å². The Bertz CT molecular complexity index is 182. The Labute approximate surface area is 100.0 Å². The summed E-state index contributed by atoms with van der Waals surface area (Å²) in [4.78, 5) is 2.44. The third-order valence-corrected chi connectivity index (χ3v) is 4.16. The lowest BCUT2D eigenvalue weighted by Gasteiger charge is -2.30. The highest BCUT2D eigenvalue weighted by molar-refractivity contribution is 4.76. The average molecular weight is 225 g/mol. The first kappa shape index (κ1) is 12.3. The van der Waals surface area contributed by atoms with Gasteiger partial charge in [0.15, 0.2) is 0 Å². The van der Waals surface area contributed by atoms with Crippen LogP contribution in [0.1, 0.15) is 32.1 Å². The van der Waals surface area contributed by atoms with Crippen LogP contribution in [0.3, 0.4) is 0 Å². The third-order valence-electron chi connectivity index (χ3n) is 4.16. The van der Waals surface area contributed by atoms with E-state index < -0.39 is 0 Å². The lowest BCUT2D eigenvalue weighted by molar-refractivity contribution is 0.230. The van der Waals surface area contributed by atoms with Crippen LogP contribution in [0.25, 0.3) is 0 Å². The number of likely N-dealkylation sites (tertiary alicyclic amines) is 1. The minimum absolute atomic E-state index is 0.790. The topological polar surface area (TPSA) is 27.3 Å². The SMILES string of the molecule is CN1CCC(NCCC2CCNCC2)CC1. The first-order chi connectivity index (χ1) is 7.84. The predicted octanol–water partition coefficient (Wildman–Crippen LogP) is 1.06. The summed E-state index contributed by atoms with van der Waals surface area (Å²) in [5.74, 6) is 0.972. The van der Waals surface area contributed by atoms with E-state index in [0.717, 1.165) is 12.0 Å². The molecule has 0 saturated carbocycles. The van der Waals surface area contributed by atoms with Crippen molar-refractivity contribution in [2.75, 3.05) is 39.8 Å². The molecule has 2 saturated heterocycles. The van der Waals surface area contributed by atoms with Crippen molar-refractivity contribution in [2.24, 2.45) is 5.92 Å². The first-order valence-corrected chi connectivity index (χ1v) is 6.97. The van der Waals surface area contributed by atoms with Crippen LogP contribution in [0.2, 0.25) is 0 Å². The van der Waals surface area contributed by atoms with Crippen LogP contribution in [-0.4, -0.2) is 50.7 Å². The predicted molar refractivity (Wildman–Crippen MR) is 68.7 cm³/mol. The van der Waals surface area contributed by atoms with Gasteiger partial charge in [-0.3, -0.25) is 0 Å². The third kappa shape index (κ3) is 4.04. The van der Waals surface area contributed by atoms with Gasteiger partial charge in [-0.2, -0.15) is 0 Å². The van der Waals surface area contributed by atoms with Gasteiger partial charge in [0.25, 0.3) is 0 Å². The summed E-state index contributed by atoms with van der Waals surface area (Å²) in [6.07, 6.45) is 6.82. The second-order valence-corrected chi connectivity index (χ2v) is 5.51. The fourth-order valence-electron chi connectivity index (χ4n) is 2.87. The molecule has 0 aromatic rings. The monoisotopic (exact) mass is 225 g/mol. The summed E-state index contributed by atoms with van der Waals surface area (Å²) >= 11 is 0. The Morgan fingerprint density at radius 3 is 2.50 bits per heavy atom. The van der Waals surface area contributed by atoms with Crippen molar-refractivity contribution >= 4 is 0 Å². The smallest absolute Gasteiger partial charge is 0.00914 e. The molecule has 0 radical (unpaired) electrons. The molecule has 0 bridgehead atoms. The molecule has 0 unspecified atom stereocenters. The largest absolute Gasteiger partial charge is 0.317 e. The Morgan fingerprint density at radius 1 is 1.12 bits per heavy atom. The van der Waals surface area contributed by atoms with Gasteiger partial charge in [0.05, 0.1) is 0 Å². The molecule has 94 valence electrons. The summed E-state index contributed by atoms with van der Waals surface area (Å²) in [5.41, 5.74) is 0. The molecule has 3 heteroatoms. The van der Waals surface area contributed by atoms with E-state index in [0.29, 0.717) is 0 Å². The van der Waals surface area contributed by atoms with Gasteiger partial charge in [0, 0.05) is 6.04 Å².